The van der Waals surface area contributed by atoms with E-state index in [4.69, 9.17) is 19.1 Å². The largest absolute Gasteiger partial charge is 0.412 e. The fourth-order valence-electron chi connectivity index (χ4n) is 4.27. The summed E-state index contributed by atoms with van der Waals surface area (Å²) in [6.45, 7) is 25.6. The summed E-state index contributed by atoms with van der Waals surface area (Å²) in [7, 11) is -3.14. The van der Waals surface area contributed by atoms with E-state index in [-0.39, 0.29) is 10.9 Å². The number of fused-ring (bicyclic) bond motifs is 2. The first-order valence-electron chi connectivity index (χ1n) is 14.7. The predicted octanol–water partition coefficient (Wildman–Crippen LogP) is 7.34. The topological polar surface area (TPSA) is 107 Å². The van der Waals surface area contributed by atoms with Crippen molar-refractivity contribution in [2.24, 2.45) is 0 Å². The number of hydrogen-bond acceptors (Lipinski definition) is 6. The molecule has 3 aromatic heterocycles. The van der Waals surface area contributed by atoms with Gasteiger partial charge in [-0.2, -0.15) is 5.10 Å². The molecule has 4 aromatic rings. The molecular weight excluding hydrogens is 561 g/mol. The fraction of sp³-hybridized carbons (Fsp3) is 0.548. The molecule has 0 saturated heterocycles. The number of benzene rings is 1. The molecule has 1 amide bonds. The Bertz CT molecular complexity index is 1570. The molecule has 0 unspecified atom stereocenters. The molecule has 0 atom stereocenters. The van der Waals surface area contributed by atoms with Crippen LogP contribution in [0, 0.1) is 0 Å². The van der Waals surface area contributed by atoms with Crippen LogP contribution in [0.4, 0.5) is 0 Å². The molecule has 0 aliphatic rings. The highest BCUT2D eigenvalue weighted by molar-refractivity contribution is 6.76. The van der Waals surface area contributed by atoms with Crippen LogP contribution >= 0.6 is 0 Å². The lowest BCUT2D eigenvalue weighted by Gasteiger charge is -2.36. The summed E-state index contributed by atoms with van der Waals surface area (Å²) in [5.74, 6) is -0.197. The van der Waals surface area contributed by atoms with Gasteiger partial charge < -0.3 is 19.0 Å². The second kappa shape index (κ2) is 11.7. The molecule has 0 saturated carbocycles. The Morgan fingerprint density at radius 1 is 1.07 bits per heavy atom. The second-order valence-electron chi connectivity index (χ2n) is 15.0. The van der Waals surface area contributed by atoms with Crippen molar-refractivity contribution in [2.75, 3.05) is 6.61 Å². The van der Waals surface area contributed by atoms with E-state index in [1.165, 1.54) is 0 Å². The van der Waals surface area contributed by atoms with E-state index in [1.54, 1.807) is 12.4 Å². The number of hydrogen-bond donors (Lipinski definition) is 2. The number of aromatic nitrogens is 5. The maximum absolute atomic E-state index is 13.4. The van der Waals surface area contributed by atoms with Gasteiger partial charge in [-0.15, -0.1) is 0 Å². The second-order valence-corrected chi connectivity index (χ2v) is 25.4. The molecule has 0 aliphatic heterocycles. The normalized spacial score (nSPS) is 13.3. The Morgan fingerprint density at radius 2 is 1.79 bits per heavy atom. The molecule has 228 valence electrons. The van der Waals surface area contributed by atoms with Crippen molar-refractivity contribution in [3.05, 3.63) is 41.7 Å². The zero-order chi connectivity index (χ0) is 31.1. The lowest BCUT2D eigenvalue weighted by Crippen LogP contribution is -2.40. The average molecular weight is 609 g/mol. The molecule has 1 aromatic carbocycles. The summed E-state index contributed by atoms with van der Waals surface area (Å²) in [4.78, 5) is 23.1. The molecular formula is C31H48N6O3Si2. The predicted molar refractivity (Wildman–Crippen MR) is 176 cm³/mol. The van der Waals surface area contributed by atoms with Crippen LogP contribution in [0.15, 0.2) is 30.6 Å². The van der Waals surface area contributed by atoms with E-state index in [2.05, 4.69) is 75.1 Å². The number of H-pyrrole nitrogens is 1. The lowest BCUT2D eigenvalue weighted by molar-refractivity contribution is 0.0886. The number of nitrogens with zero attached hydrogens (tertiary/aromatic N) is 4. The number of carbonyl (C=O) groups excluding carboxylic acids is 1. The summed E-state index contributed by atoms with van der Waals surface area (Å²) < 4.78 is 14.4. The van der Waals surface area contributed by atoms with Gasteiger partial charge in [0.25, 0.3) is 5.91 Å². The smallest absolute Gasteiger partial charge is 0.255 e. The van der Waals surface area contributed by atoms with Gasteiger partial charge in [-0.05, 0) is 44.9 Å². The maximum Gasteiger partial charge on any atom is 0.255 e. The summed E-state index contributed by atoms with van der Waals surface area (Å²) >= 11 is 0. The van der Waals surface area contributed by atoms with Crippen LogP contribution < -0.4 is 5.32 Å². The first-order valence-corrected chi connectivity index (χ1v) is 21.3. The summed E-state index contributed by atoms with van der Waals surface area (Å²) in [6, 6.07) is 7.19. The van der Waals surface area contributed by atoms with Crippen molar-refractivity contribution in [1.82, 2.24) is 30.0 Å². The molecule has 0 aliphatic carbocycles. The number of aromatic amines is 1. The first kappa shape index (κ1) is 32.1. The number of amides is 1. The SMILES string of the molecule is CC(C)(C)NC(=O)c1cn(COCC[Si](C)(C)C)c2ncc(-c3n[nH]c4c(CO[Si](C)(C)C(C)(C)C)cccc34)nc12. The Labute approximate surface area is 252 Å². The van der Waals surface area contributed by atoms with Crippen molar-refractivity contribution >= 4 is 44.4 Å². The molecule has 11 heteroatoms. The highest BCUT2D eigenvalue weighted by Gasteiger charge is 2.37. The molecule has 4 rings (SSSR count). The maximum atomic E-state index is 13.4. The van der Waals surface area contributed by atoms with Crippen molar-refractivity contribution in [3.8, 4) is 11.4 Å². The molecule has 2 N–H and O–H groups in total. The standard InChI is InChI=1S/C31H48N6O3Si2/c1-30(2,3)34-29(38)23-18-37(20-39-15-16-41(7,8)9)28-27(23)33-24(17-32-28)26-22-14-12-13-21(25(22)35-36-26)19-40-42(10,11)31(4,5)6/h12-14,17-18H,15-16,19-20H2,1-11H3,(H,34,38)(H,35,36). The van der Waals surface area contributed by atoms with E-state index in [9.17, 15) is 4.79 Å². The third kappa shape index (κ3) is 7.37. The van der Waals surface area contributed by atoms with Gasteiger partial charge in [0.15, 0.2) is 14.0 Å². The number of ether oxygens (including phenoxy) is 1. The monoisotopic (exact) mass is 608 g/mol. The fourth-order valence-corrected chi connectivity index (χ4v) is 5.98. The van der Waals surface area contributed by atoms with Crippen LogP contribution in [0.5, 0.6) is 0 Å². The van der Waals surface area contributed by atoms with E-state index in [0.29, 0.717) is 48.1 Å². The highest BCUT2D eigenvalue weighted by atomic mass is 28.4. The van der Waals surface area contributed by atoms with Gasteiger partial charge >= 0.3 is 0 Å². The van der Waals surface area contributed by atoms with Crippen LogP contribution in [0.3, 0.4) is 0 Å². The quantitative estimate of drug-likeness (QED) is 0.144. The highest BCUT2D eigenvalue weighted by Crippen LogP contribution is 2.38. The van der Waals surface area contributed by atoms with Crippen LogP contribution in [0.1, 0.15) is 57.5 Å². The van der Waals surface area contributed by atoms with Crippen molar-refractivity contribution in [1.29, 1.82) is 0 Å². The van der Waals surface area contributed by atoms with Crippen molar-refractivity contribution < 1.29 is 14.0 Å². The summed E-state index contributed by atoms with van der Waals surface area (Å²) in [6.07, 6.45) is 3.52. The van der Waals surface area contributed by atoms with Crippen LogP contribution in [-0.2, 0) is 22.5 Å². The summed E-state index contributed by atoms with van der Waals surface area (Å²) in [5.41, 5.74) is 4.46. The number of carbonyl (C=O) groups is 1. The van der Waals surface area contributed by atoms with Crippen LogP contribution in [0.25, 0.3) is 33.5 Å². The zero-order valence-electron chi connectivity index (χ0n) is 27.2. The van der Waals surface area contributed by atoms with E-state index in [0.717, 1.165) is 22.5 Å². The van der Waals surface area contributed by atoms with Gasteiger partial charge in [-0.25, -0.2) is 9.97 Å². The van der Waals surface area contributed by atoms with Gasteiger partial charge in [0.05, 0.1) is 23.9 Å². The number of para-hydroxylation sites is 1. The number of nitrogens with one attached hydrogen (secondary N) is 2. The number of rotatable bonds is 10. The van der Waals surface area contributed by atoms with E-state index >= 15 is 0 Å². The Balaban J connectivity index is 1.70. The van der Waals surface area contributed by atoms with Crippen LogP contribution in [0.2, 0.25) is 43.8 Å². The Hall–Kier alpha value is -2.87. The van der Waals surface area contributed by atoms with Crippen LogP contribution in [-0.4, -0.2) is 59.2 Å². The first-order chi connectivity index (χ1) is 19.4. The minimum atomic E-state index is -1.92. The van der Waals surface area contributed by atoms with E-state index in [1.807, 2.05) is 37.5 Å². The third-order valence-corrected chi connectivity index (χ3v) is 14.0. The molecule has 9 nitrogen and oxygen atoms in total. The lowest BCUT2D eigenvalue weighted by atomic mass is 10.1. The van der Waals surface area contributed by atoms with Crippen molar-refractivity contribution in [3.63, 3.8) is 0 Å². The Morgan fingerprint density at radius 3 is 2.43 bits per heavy atom. The third-order valence-electron chi connectivity index (χ3n) is 7.85. The molecule has 0 radical (unpaired) electrons. The minimum Gasteiger partial charge on any atom is -0.412 e. The molecule has 3 heterocycles. The summed E-state index contributed by atoms with van der Waals surface area (Å²) in [5, 5.41) is 12.0. The zero-order valence-corrected chi connectivity index (χ0v) is 29.2. The van der Waals surface area contributed by atoms with Gasteiger partial charge in [0, 0.05) is 37.4 Å². The van der Waals surface area contributed by atoms with Crippen molar-refractivity contribution in [2.45, 2.75) is 104 Å². The molecule has 0 bridgehead atoms. The van der Waals surface area contributed by atoms with Gasteiger partial charge in [0.1, 0.15) is 23.6 Å². The molecule has 42 heavy (non-hydrogen) atoms. The van der Waals surface area contributed by atoms with E-state index < -0.39 is 21.9 Å². The Kier molecular flexibility index (Phi) is 8.90. The molecule has 0 fully saturated rings. The van der Waals surface area contributed by atoms with Gasteiger partial charge in [-0.1, -0.05) is 58.6 Å². The van der Waals surface area contributed by atoms with Gasteiger partial charge in [-0.3, -0.25) is 9.89 Å². The molecule has 0 spiro atoms. The van der Waals surface area contributed by atoms with Gasteiger partial charge in [0.2, 0.25) is 0 Å². The average Bonchev–Trinajstić information content (AvgIpc) is 3.45. The minimum absolute atomic E-state index is 0.123.